The van der Waals surface area contributed by atoms with Crippen LogP contribution in [0.1, 0.15) is 49.9 Å². The average Bonchev–Trinajstić information content (AvgIpc) is 3.81. The van der Waals surface area contributed by atoms with Crippen LogP contribution in [0.25, 0.3) is 66.3 Å². The monoisotopic (exact) mass is 718 g/mol. The summed E-state index contributed by atoms with van der Waals surface area (Å²) in [5.74, 6) is 0. The van der Waals surface area contributed by atoms with E-state index in [2.05, 4.69) is 214 Å². The fourth-order valence-electron chi connectivity index (χ4n) is 9.97. The van der Waals surface area contributed by atoms with E-state index in [1.807, 2.05) is 0 Å². The highest BCUT2D eigenvalue weighted by Gasteiger charge is 2.38. The first-order valence-corrected chi connectivity index (χ1v) is 19.8. The topological polar surface area (TPSA) is 19.0 Å². The zero-order valence-electron chi connectivity index (χ0n) is 32.2. The van der Waals surface area contributed by atoms with Gasteiger partial charge in [-0.05, 0) is 104 Å². The number of para-hydroxylation sites is 1. The predicted molar refractivity (Wildman–Crippen MR) is 236 cm³/mol. The molecule has 0 atom stereocenters. The summed E-state index contributed by atoms with van der Waals surface area (Å²) in [6.45, 7) is 9.47. The van der Waals surface area contributed by atoms with Gasteiger partial charge in [0.15, 0.2) is 0 Å². The molecule has 2 heteroatoms. The van der Waals surface area contributed by atoms with E-state index in [4.69, 9.17) is 0 Å². The van der Waals surface area contributed by atoms with Gasteiger partial charge in [0.1, 0.15) is 0 Å². The summed E-state index contributed by atoms with van der Waals surface area (Å²) in [7, 11) is 0. The minimum Gasteiger partial charge on any atom is -0.354 e. The standard InChI is InChI=1S/C54H42N2/c1-53(2)47-22-12-9-19-43(47)51-42(20-14-23-48(51)53)45-32-38(31-44-41-18-10-13-24-50(41)55-52(44)45)56(36-27-25-35(26-28-36)34-15-6-5-7-16-34)37-29-30-40-39-17-8-11-21-46(39)54(3,4)49(40)33-37/h5-33,55H,1-4H3. The van der Waals surface area contributed by atoms with E-state index < -0.39 is 0 Å². The summed E-state index contributed by atoms with van der Waals surface area (Å²) in [5.41, 5.74) is 21.2. The lowest BCUT2D eigenvalue weighted by molar-refractivity contribution is 0.660. The summed E-state index contributed by atoms with van der Waals surface area (Å²) < 4.78 is 0. The molecule has 0 radical (unpaired) electrons. The third kappa shape index (κ3) is 4.69. The van der Waals surface area contributed by atoms with Crippen LogP contribution in [0.2, 0.25) is 0 Å². The van der Waals surface area contributed by atoms with Gasteiger partial charge in [0.2, 0.25) is 0 Å². The molecule has 2 nitrogen and oxygen atoms in total. The molecule has 1 N–H and O–H groups in total. The number of aromatic amines is 1. The first-order chi connectivity index (χ1) is 27.3. The number of H-pyrrole nitrogens is 1. The van der Waals surface area contributed by atoms with Crippen LogP contribution < -0.4 is 4.90 Å². The lowest BCUT2D eigenvalue weighted by Gasteiger charge is -2.29. The number of benzene rings is 8. The largest absolute Gasteiger partial charge is 0.354 e. The van der Waals surface area contributed by atoms with E-state index in [0.29, 0.717) is 0 Å². The van der Waals surface area contributed by atoms with E-state index in [-0.39, 0.29) is 10.8 Å². The fraction of sp³-hybridized carbons (Fsp3) is 0.111. The summed E-state index contributed by atoms with van der Waals surface area (Å²) >= 11 is 0. The smallest absolute Gasteiger partial charge is 0.0546 e. The van der Waals surface area contributed by atoms with Crippen molar-refractivity contribution in [3.8, 4) is 44.5 Å². The molecule has 268 valence electrons. The molecule has 1 heterocycles. The number of hydrogen-bond acceptors (Lipinski definition) is 1. The van der Waals surface area contributed by atoms with Gasteiger partial charge in [-0.25, -0.2) is 0 Å². The van der Waals surface area contributed by atoms with Crippen molar-refractivity contribution in [3.05, 3.63) is 198 Å². The van der Waals surface area contributed by atoms with Crippen molar-refractivity contribution in [1.29, 1.82) is 0 Å². The van der Waals surface area contributed by atoms with Gasteiger partial charge in [-0.15, -0.1) is 0 Å². The fourth-order valence-corrected chi connectivity index (χ4v) is 9.97. The molecule has 56 heavy (non-hydrogen) atoms. The highest BCUT2D eigenvalue weighted by molar-refractivity contribution is 6.15. The number of rotatable bonds is 5. The molecule has 0 spiro atoms. The average molecular weight is 719 g/mol. The molecule has 0 amide bonds. The van der Waals surface area contributed by atoms with Gasteiger partial charge in [0, 0.05) is 49.7 Å². The normalized spacial score (nSPS) is 14.4. The summed E-state index contributed by atoms with van der Waals surface area (Å²) in [4.78, 5) is 6.36. The SMILES string of the molecule is CC1(C)c2ccccc2-c2ccc(N(c3ccc(-c4ccccc4)cc3)c3cc(-c4cccc5c4-c4ccccc4C5(C)C)c4[nH]c5ccccc5c4c3)cc21. The third-order valence-corrected chi connectivity index (χ3v) is 12.8. The van der Waals surface area contributed by atoms with Gasteiger partial charge < -0.3 is 9.88 Å². The number of anilines is 3. The Kier molecular flexibility index (Phi) is 6.98. The van der Waals surface area contributed by atoms with Crippen molar-refractivity contribution in [1.82, 2.24) is 4.98 Å². The van der Waals surface area contributed by atoms with E-state index in [9.17, 15) is 0 Å². The van der Waals surface area contributed by atoms with E-state index in [0.717, 1.165) is 28.1 Å². The van der Waals surface area contributed by atoms with Crippen molar-refractivity contribution < 1.29 is 0 Å². The minimum atomic E-state index is -0.123. The van der Waals surface area contributed by atoms with Gasteiger partial charge in [-0.1, -0.05) is 161 Å². The quantitative estimate of drug-likeness (QED) is 0.188. The van der Waals surface area contributed by atoms with Crippen LogP contribution in [-0.2, 0) is 10.8 Å². The van der Waals surface area contributed by atoms with Gasteiger partial charge in [-0.3, -0.25) is 0 Å². The number of nitrogens with one attached hydrogen (secondary N) is 1. The molecule has 8 aromatic carbocycles. The van der Waals surface area contributed by atoms with Crippen LogP contribution in [-0.4, -0.2) is 4.98 Å². The molecule has 1 aromatic heterocycles. The lowest BCUT2D eigenvalue weighted by Crippen LogP contribution is -2.16. The Bertz CT molecular complexity index is 3020. The Morgan fingerprint density at radius 2 is 0.964 bits per heavy atom. The molecule has 2 aliphatic carbocycles. The lowest BCUT2D eigenvalue weighted by atomic mass is 9.82. The Hall–Kier alpha value is -6.64. The van der Waals surface area contributed by atoms with Crippen molar-refractivity contribution in [3.63, 3.8) is 0 Å². The van der Waals surface area contributed by atoms with Crippen molar-refractivity contribution in [2.45, 2.75) is 38.5 Å². The molecule has 9 aromatic rings. The molecule has 0 fully saturated rings. The number of fused-ring (bicyclic) bond motifs is 9. The highest BCUT2D eigenvalue weighted by atomic mass is 15.1. The summed E-state index contributed by atoms with van der Waals surface area (Å²) in [6.07, 6.45) is 0. The van der Waals surface area contributed by atoms with Crippen molar-refractivity contribution in [2.24, 2.45) is 0 Å². The molecule has 11 rings (SSSR count). The van der Waals surface area contributed by atoms with Gasteiger partial charge in [0.05, 0.1) is 5.52 Å². The highest BCUT2D eigenvalue weighted by Crippen LogP contribution is 2.54. The van der Waals surface area contributed by atoms with E-state index in [1.54, 1.807) is 0 Å². The third-order valence-electron chi connectivity index (χ3n) is 12.8. The molecule has 0 saturated heterocycles. The molecule has 0 bridgehead atoms. The van der Waals surface area contributed by atoms with Crippen LogP contribution in [0.4, 0.5) is 17.1 Å². The van der Waals surface area contributed by atoms with Crippen molar-refractivity contribution >= 4 is 38.9 Å². The van der Waals surface area contributed by atoms with Gasteiger partial charge in [0.25, 0.3) is 0 Å². The van der Waals surface area contributed by atoms with Gasteiger partial charge in [-0.2, -0.15) is 0 Å². The molecular formula is C54H42N2. The Labute approximate surface area is 328 Å². The zero-order valence-corrected chi connectivity index (χ0v) is 32.2. The Morgan fingerprint density at radius 3 is 1.77 bits per heavy atom. The Balaban J connectivity index is 1.19. The molecule has 0 unspecified atom stereocenters. The maximum atomic E-state index is 3.89. The van der Waals surface area contributed by atoms with Crippen LogP contribution in [0, 0.1) is 0 Å². The van der Waals surface area contributed by atoms with E-state index in [1.165, 1.54) is 77.5 Å². The second-order valence-corrected chi connectivity index (χ2v) is 16.6. The number of aromatic nitrogens is 1. The molecule has 0 saturated carbocycles. The first-order valence-electron chi connectivity index (χ1n) is 19.8. The van der Waals surface area contributed by atoms with Crippen molar-refractivity contribution in [2.75, 3.05) is 4.90 Å². The van der Waals surface area contributed by atoms with Crippen LogP contribution in [0.3, 0.4) is 0 Å². The number of hydrogen-bond donors (Lipinski definition) is 1. The van der Waals surface area contributed by atoms with E-state index >= 15 is 0 Å². The Morgan fingerprint density at radius 1 is 0.375 bits per heavy atom. The first kappa shape index (κ1) is 32.8. The van der Waals surface area contributed by atoms with Crippen LogP contribution in [0.15, 0.2) is 176 Å². The summed E-state index contributed by atoms with van der Waals surface area (Å²) in [5, 5.41) is 2.44. The minimum absolute atomic E-state index is 0.0968. The van der Waals surface area contributed by atoms with Crippen LogP contribution >= 0.6 is 0 Å². The predicted octanol–water partition coefficient (Wildman–Crippen LogP) is 14.7. The second kappa shape index (κ2) is 11.9. The van der Waals surface area contributed by atoms with Gasteiger partial charge >= 0.3 is 0 Å². The maximum Gasteiger partial charge on any atom is 0.0546 e. The van der Waals surface area contributed by atoms with Crippen LogP contribution in [0.5, 0.6) is 0 Å². The molecule has 0 aliphatic heterocycles. The molecule has 2 aliphatic rings. The second-order valence-electron chi connectivity index (χ2n) is 16.6. The summed E-state index contributed by atoms with van der Waals surface area (Å²) in [6, 6.07) is 65.2. The maximum absolute atomic E-state index is 3.89. The molecular weight excluding hydrogens is 677 g/mol. The number of nitrogens with zero attached hydrogens (tertiary/aromatic N) is 1. The zero-order chi connectivity index (χ0) is 37.8.